The van der Waals surface area contributed by atoms with Gasteiger partial charge in [0, 0.05) is 12.6 Å². The van der Waals surface area contributed by atoms with E-state index in [0.717, 1.165) is 45.3 Å². The third-order valence-electron chi connectivity index (χ3n) is 4.93. The smallest absolute Gasteiger partial charge is 0.0680 e. The highest BCUT2D eigenvalue weighted by atomic mass is 16.5. The third kappa shape index (κ3) is 7.67. The Morgan fingerprint density at radius 2 is 1.83 bits per heavy atom. The van der Waals surface area contributed by atoms with Crippen LogP contribution in [0.1, 0.15) is 85.0 Å². The summed E-state index contributed by atoms with van der Waals surface area (Å²) in [5.74, 6) is 0.690. The van der Waals surface area contributed by atoms with E-state index in [4.69, 9.17) is 10.5 Å². The quantitative estimate of drug-likeness (QED) is 0.387. The molecule has 134 valence electrons. The highest BCUT2D eigenvalue weighted by Gasteiger charge is 2.25. The Hall–Kier alpha value is -0.600. The average Bonchev–Trinajstić information content (AvgIpc) is 2.53. The zero-order valence-corrected chi connectivity index (χ0v) is 15.8. The molecule has 0 aromatic carbocycles. The van der Waals surface area contributed by atoms with Crippen molar-refractivity contribution in [3.8, 4) is 0 Å². The zero-order chi connectivity index (χ0) is 17.1. The molecule has 0 aromatic heterocycles. The van der Waals surface area contributed by atoms with Gasteiger partial charge in [-0.25, -0.2) is 0 Å². The van der Waals surface area contributed by atoms with Crippen molar-refractivity contribution >= 4 is 0 Å². The van der Waals surface area contributed by atoms with E-state index in [-0.39, 0.29) is 6.04 Å². The van der Waals surface area contributed by atoms with Gasteiger partial charge in [-0.15, -0.1) is 6.58 Å². The van der Waals surface area contributed by atoms with Crippen LogP contribution in [0.5, 0.6) is 0 Å². The van der Waals surface area contributed by atoms with Crippen molar-refractivity contribution in [1.29, 1.82) is 0 Å². The van der Waals surface area contributed by atoms with Gasteiger partial charge < -0.3 is 10.5 Å². The lowest BCUT2D eigenvalue weighted by Crippen LogP contribution is -2.30. The van der Waals surface area contributed by atoms with Gasteiger partial charge in [-0.3, -0.25) is 0 Å². The number of allylic oxidation sites excluding steroid dienone is 1. The number of hydrogen-bond donors (Lipinski definition) is 1. The molecular formula is C21H39NO. The Balaban J connectivity index is 2.99. The van der Waals surface area contributed by atoms with Gasteiger partial charge in [-0.2, -0.15) is 0 Å². The van der Waals surface area contributed by atoms with Gasteiger partial charge in [-0.1, -0.05) is 45.1 Å². The lowest BCUT2D eigenvalue weighted by atomic mass is 9.77. The van der Waals surface area contributed by atoms with Crippen LogP contribution < -0.4 is 5.73 Å². The van der Waals surface area contributed by atoms with E-state index in [1.54, 1.807) is 5.57 Å². The maximum atomic E-state index is 6.63. The molecule has 1 saturated carbocycles. The van der Waals surface area contributed by atoms with E-state index in [1.807, 2.05) is 0 Å². The molecule has 0 aromatic rings. The van der Waals surface area contributed by atoms with Crippen LogP contribution in [0.25, 0.3) is 0 Å². The summed E-state index contributed by atoms with van der Waals surface area (Å²) in [4.78, 5) is 0. The maximum Gasteiger partial charge on any atom is 0.0680 e. The van der Waals surface area contributed by atoms with Gasteiger partial charge in [0.2, 0.25) is 0 Å². The van der Waals surface area contributed by atoms with Gasteiger partial charge in [0.05, 0.1) is 6.61 Å². The van der Waals surface area contributed by atoms with Crippen LogP contribution in [0.4, 0.5) is 0 Å². The summed E-state index contributed by atoms with van der Waals surface area (Å²) < 4.78 is 5.93. The first-order valence-corrected chi connectivity index (χ1v) is 9.79. The standard InChI is InChI=1S/C21H39NO/c1-5-10-20(22)21(18-11-8-7-9-12-18)19(14-13-17(3)4)16-23-15-6-2/h18,20H,3,5-16,22H2,1-2,4H3/b21-19+. The monoisotopic (exact) mass is 321 g/mol. The molecule has 1 aliphatic carbocycles. The lowest BCUT2D eigenvalue weighted by Gasteiger charge is -2.31. The van der Waals surface area contributed by atoms with Gasteiger partial charge in [0.25, 0.3) is 0 Å². The second-order valence-corrected chi connectivity index (χ2v) is 7.30. The predicted molar refractivity (Wildman–Crippen MR) is 102 cm³/mol. The maximum absolute atomic E-state index is 6.63. The van der Waals surface area contributed by atoms with Crippen molar-refractivity contribution in [1.82, 2.24) is 0 Å². The van der Waals surface area contributed by atoms with Crippen LogP contribution in [-0.2, 0) is 4.74 Å². The van der Waals surface area contributed by atoms with Crippen LogP contribution >= 0.6 is 0 Å². The minimum absolute atomic E-state index is 0.216. The summed E-state index contributed by atoms with van der Waals surface area (Å²) in [6.45, 7) is 12.2. The summed E-state index contributed by atoms with van der Waals surface area (Å²) in [6.07, 6.45) is 12.2. The van der Waals surface area contributed by atoms with Gasteiger partial charge in [0.1, 0.15) is 0 Å². The molecule has 1 atom stereocenters. The molecule has 23 heavy (non-hydrogen) atoms. The first-order valence-electron chi connectivity index (χ1n) is 9.79. The van der Waals surface area contributed by atoms with E-state index in [9.17, 15) is 0 Å². The molecule has 0 amide bonds. The molecule has 1 aliphatic rings. The molecule has 0 saturated heterocycles. The molecule has 1 rings (SSSR count). The third-order valence-corrected chi connectivity index (χ3v) is 4.93. The molecule has 0 spiro atoms. The number of rotatable bonds is 11. The minimum atomic E-state index is 0.216. The SMILES string of the molecule is C=C(C)CC/C(COCCC)=C(\C(N)CCC)C1CCCCC1. The average molecular weight is 322 g/mol. The van der Waals surface area contributed by atoms with Crippen molar-refractivity contribution in [3.05, 3.63) is 23.3 Å². The molecule has 2 heteroatoms. The Morgan fingerprint density at radius 1 is 1.13 bits per heavy atom. The van der Waals surface area contributed by atoms with Crippen molar-refractivity contribution in [2.45, 2.75) is 91.0 Å². The normalized spacial score (nSPS) is 18.6. The van der Waals surface area contributed by atoms with E-state index in [1.165, 1.54) is 43.3 Å². The number of hydrogen-bond acceptors (Lipinski definition) is 2. The van der Waals surface area contributed by atoms with Crippen molar-refractivity contribution in [3.63, 3.8) is 0 Å². The Bertz CT molecular complexity index is 366. The van der Waals surface area contributed by atoms with E-state index in [2.05, 4.69) is 27.4 Å². The van der Waals surface area contributed by atoms with Crippen molar-refractivity contribution in [2.75, 3.05) is 13.2 Å². The summed E-state index contributed by atoms with van der Waals surface area (Å²) in [6, 6.07) is 0.216. The fraction of sp³-hybridized carbons (Fsp3) is 0.810. The Labute approximate surface area is 144 Å². The Kier molecular flexibility index (Phi) is 10.5. The summed E-state index contributed by atoms with van der Waals surface area (Å²) in [7, 11) is 0. The summed E-state index contributed by atoms with van der Waals surface area (Å²) in [5, 5.41) is 0. The summed E-state index contributed by atoms with van der Waals surface area (Å²) >= 11 is 0. The number of nitrogens with two attached hydrogens (primary N) is 1. The van der Waals surface area contributed by atoms with Crippen LogP contribution in [0.3, 0.4) is 0 Å². The highest BCUT2D eigenvalue weighted by Crippen LogP contribution is 2.35. The molecule has 1 fully saturated rings. The molecule has 2 N–H and O–H groups in total. The Morgan fingerprint density at radius 3 is 2.39 bits per heavy atom. The largest absolute Gasteiger partial charge is 0.377 e. The van der Waals surface area contributed by atoms with E-state index >= 15 is 0 Å². The first-order chi connectivity index (χ1) is 11.1. The van der Waals surface area contributed by atoms with E-state index < -0.39 is 0 Å². The minimum Gasteiger partial charge on any atom is -0.377 e. The van der Waals surface area contributed by atoms with Crippen LogP contribution in [-0.4, -0.2) is 19.3 Å². The van der Waals surface area contributed by atoms with Gasteiger partial charge in [-0.05, 0) is 62.5 Å². The van der Waals surface area contributed by atoms with Crippen molar-refractivity contribution in [2.24, 2.45) is 11.7 Å². The number of ether oxygens (including phenoxy) is 1. The summed E-state index contributed by atoms with van der Waals surface area (Å²) in [5.41, 5.74) is 10.9. The molecule has 0 heterocycles. The lowest BCUT2D eigenvalue weighted by molar-refractivity contribution is 0.152. The second-order valence-electron chi connectivity index (χ2n) is 7.30. The molecule has 2 nitrogen and oxygen atoms in total. The molecule has 1 unspecified atom stereocenters. The molecule has 0 bridgehead atoms. The first kappa shape index (κ1) is 20.4. The fourth-order valence-corrected chi connectivity index (χ4v) is 3.74. The van der Waals surface area contributed by atoms with Gasteiger partial charge >= 0.3 is 0 Å². The van der Waals surface area contributed by atoms with E-state index in [0.29, 0.717) is 5.92 Å². The van der Waals surface area contributed by atoms with Crippen molar-refractivity contribution < 1.29 is 4.74 Å². The molecule has 0 radical (unpaired) electrons. The predicted octanol–water partition coefficient (Wildman–Crippen LogP) is 5.77. The van der Waals surface area contributed by atoms with Crippen LogP contribution in [0, 0.1) is 5.92 Å². The fourth-order valence-electron chi connectivity index (χ4n) is 3.74. The van der Waals surface area contributed by atoms with Gasteiger partial charge in [0.15, 0.2) is 0 Å². The topological polar surface area (TPSA) is 35.2 Å². The zero-order valence-electron chi connectivity index (χ0n) is 15.8. The highest BCUT2D eigenvalue weighted by molar-refractivity contribution is 5.24. The van der Waals surface area contributed by atoms with Crippen LogP contribution in [0.15, 0.2) is 23.3 Å². The molecular weight excluding hydrogens is 282 g/mol. The molecule has 0 aliphatic heterocycles. The van der Waals surface area contributed by atoms with Crippen LogP contribution in [0.2, 0.25) is 0 Å². The second kappa shape index (κ2) is 11.9.